The van der Waals surface area contributed by atoms with E-state index in [1.165, 1.54) is 5.56 Å². The Morgan fingerprint density at radius 1 is 1.09 bits per heavy atom. The maximum Gasteiger partial charge on any atom is 0.407 e. The number of carbonyl (C=O) groups excluding carboxylic acids is 2. The Balaban J connectivity index is 2.72. The van der Waals surface area contributed by atoms with Crippen LogP contribution in [0.4, 0.5) is 10.5 Å². The number of hydrogen-bond donors (Lipinski definition) is 2. The number of benzene rings is 1. The summed E-state index contributed by atoms with van der Waals surface area (Å²) in [6, 6.07) is 7.08. The fourth-order valence-corrected chi connectivity index (χ4v) is 2.01. The van der Waals surface area contributed by atoms with Gasteiger partial charge in [-0.15, -0.1) is 0 Å². The van der Waals surface area contributed by atoms with Crippen LogP contribution in [0.2, 0.25) is 0 Å². The van der Waals surface area contributed by atoms with E-state index in [4.69, 9.17) is 4.74 Å². The monoisotopic (exact) mass is 306 g/mol. The predicted molar refractivity (Wildman–Crippen MR) is 87.9 cm³/mol. The van der Waals surface area contributed by atoms with Gasteiger partial charge in [0.05, 0.1) is 6.61 Å². The molecular weight excluding hydrogens is 280 g/mol. The summed E-state index contributed by atoms with van der Waals surface area (Å²) in [4.78, 5) is 23.9. The van der Waals surface area contributed by atoms with Crippen LogP contribution in [0.1, 0.15) is 46.1 Å². The molecule has 1 unspecified atom stereocenters. The van der Waals surface area contributed by atoms with Crippen LogP contribution < -0.4 is 10.6 Å². The Kier molecular flexibility index (Phi) is 6.89. The van der Waals surface area contributed by atoms with E-state index in [0.29, 0.717) is 11.6 Å². The summed E-state index contributed by atoms with van der Waals surface area (Å²) < 4.78 is 4.83. The first-order valence-electron chi connectivity index (χ1n) is 7.69. The van der Waals surface area contributed by atoms with Crippen LogP contribution in [-0.4, -0.2) is 24.6 Å². The van der Waals surface area contributed by atoms with Gasteiger partial charge in [0.1, 0.15) is 6.04 Å². The number of hydrogen-bond acceptors (Lipinski definition) is 3. The molecule has 122 valence electrons. The van der Waals surface area contributed by atoms with Crippen LogP contribution in [0, 0.1) is 5.92 Å². The summed E-state index contributed by atoms with van der Waals surface area (Å²) >= 11 is 0. The average molecular weight is 306 g/mol. The van der Waals surface area contributed by atoms with Crippen molar-refractivity contribution in [2.75, 3.05) is 11.9 Å². The first-order chi connectivity index (χ1) is 10.3. The smallest absolute Gasteiger partial charge is 0.407 e. The van der Waals surface area contributed by atoms with Gasteiger partial charge in [-0.05, 0) is 36.5 Å². The van der Waals surface area contributed by atoms with Crippen LogP contribution >= 0.6 is 0 Å². The predicted octanol–water partition coefficient (Wildman–Crippen LogP) is 3.52. The van der Waals surface area contributed by atoms with Crippen molar-refractivity contribution in [3.8, 4) is 0 Å². The second-order valence-corrected chi connectivity index (χ2v) is 5.85. The molecule has 2 N–H and O–H groups in total. The summed E-state index contributed by atoms with van der Waals surface area (Å²) in [5, 5.41) is 5.42. The molecule has 0 spiro atoms. The first kappa shape index (κ1) is 18.0. The Morgan fingerprint density at radius 2 is 1.68 bits per heavy atom. The van der Waals surface area contributed by atoms with Crippen molar-refractivity contribution in [2.45, 2.75) is 46.6 Å². The van der Waals surface area contributed by atoms with Crippen molar-refractivity contribution in [3.05, 3.63) is 29.8 Å². The molecule has 0 fully saturated rings. The zero-order chi connectivity index (χ0) is 16.7. The molecule has 1 aromatic carbocycles. The summed E-state index contributed by atoms with van der Waals surface area (Å²) in [6.07, 6.45) is -0.577. The van der Waals surface area contributed by atoms with E-state index in [1.54, 1.807) is 6.92 Å². The van der Waals surface area contributed by atoms with Gasteiger partial charge < -0.3 is 15.4 Å². The minimum Gasteiger partial charge on any atom is -0.450 e. The molecule has 0 aliphatic rings. The molecule has 5 nitrogen and oxygen atoms in total. The molecule has 0 saturated heterocycles. The van der Waals surface area contributed by atoms with Gasteiger partial charge in [0.25, 0.3) is 0 Å². The highest BCUT2D eigenvalue weighted by atomic mass is 16.5. The Hall–Kier alpha value is -2.04. The third kappa shape index (κ3) is 5.39. The van der Waals surface area contributed by atoms with Crippen molar-refractivity contribution in [3.63, 3.8) is 0 Å². The highest BCUT2D eigenvalue weighted by molar-refractivity contribution is 5.96. The van der Waals surface area contributed by atoms with Gasteiger partial charge in [-0.2, -0.15) is 0 Å². The number of alkyl carbamates (subject to hydrolysis) is 1. The quantitative estimate of drug-likeness (QED) is 0.845. The average Bonchev–Trinajstić information content (AvgIpc) is 2.45. The number of anilines is 1. The van der Waals surface area contributed by atoms with Gasteiger partial charge >= 0.3 is 6.09 Å². The SMILES string of the molecule is CCOC(=O)NC(C(=O)Nc1ccc(C(C)C)cc1)C(C)C. The van der Waals surface area contributed by atoms with E-state index < -0.39 is 12.1 Å². The Morgan fingerprint density at radius 3 is 2.14 bits per heavy atom. The van der Waals surface area contributed by atoms with Gasteiger partial charge in [0, 0.05) is 5.69 Å². The van der Waals surface area contributed by atoms with Gasteiger partial charge in [-0.1, -0.05) is 39.8 Å². The molecule has 5 heteroatoms. The summed E-state index contributed by atoms with van der Waals surface area (Å²) in [6.45, 7) is 9.98. The standard InChI is InChI=1S/C17H26N2O3/c1-6-22-17(21)19-15(12(4)5)16(20)18-14-9-7-13(8-10-14)11(2)3/h7-12,15H,6H2,1-5H3,(H,18,20)(H,19,21). The Labute approximate surface area is 132 Å². The molecule has 2 amide bonds. The number of carbonyl (C=O) groups is 2. The third-order valence-electron chi connectivity index (χ3n) is 3.34. The summed E-state index contributed by atoms with van der Waals surface area (Å²) in [7, 11) is 0. The molecule has 1 aromatic rings. The molecule has 0 aliphatic heterocycles. The lowest BCUT2D eigenvalue weighted by Crippen LogP contribution is -2.47. The van der Waals surface area contributed by atoms with Crippen molar-refractivity contribution >= 4 is 17.7 Å². The van der Waals surface area contributed by atoms with Crippen LogP contribution in [-0.2, 0) is 9.53 Å². The minimum atomic E-state index is -0.635. The number of amides is 2. The van der Waals surface area contributed by atoms with Crippen LogP contribution in [0.15, 0.2) is 24.3 Å². The second kappa shape index (κ2) is 8.41. The van der Waals surface area contributed by atoms with Crippen molar-refractivity contribution in [1.29, 1.82) is 0 Å². The highest BCUT2D eigenvalue weighted by Crippen LogP contribution is 2.17. The lowest BCUT2D eigenvalue weighted by Gasteiger charge is -2.21. The van der Waals surface area contributed by atoms with Crippen molar-refractivity contribution in [1.82, 2.24) is 5.32 Å². The minimum absolute atomic E-state index is 0.0423. The molecule has 0 aliphatic carbocycles. The number of rotatable bonds is 6. The maximum absolute atomic E-state index is 12.3. The van der Waals surface area contributed by atoms with E-state index in [0.717, 1.165) is 0 Å². The molecule has 0 bridgehead atoms. The van der Waals surface area contributed by atoms with Crippen LogP contribution in [0.3, 0.4) is 0 Å². The molecule has 1 rings (SSSR count). The molecule has 1 atom stereocenters. The fourth-order valence-electron chi connectivity index (χ4n) is 2.01. The van der Waals surface area contributed by atoms with Gasteiger partial charge in [-0.3, -0.25) is 4.79 Å². The highest BCUT2D eigenvalue weighted by Gasteiger charge is 2.24. The summed E-state index contributed by atoms with van der Waals surface area (Å²) in [5.74, 6) is 0.151. The van der Waals surface area contributed by atoms with E-state index in [9.17, 15) is 9.59 Å². The third-order valence-corrected chi connectivity index (χ3v) is 3.34. The van der Waals surface area contributed by atoms with E-state index in [2.05, 4.69) is 24.5 Å². The lowest BCUT2D eigenvalue weighted by atomic mass is 10.0. The topological polar surface area (TPSA) is 67.4 Å². The normalized spacial score (nSPS) is 12.1. The summed E-state index contributed by atoms with van der Waals surface area (Å²) in [5.41, 5.74) is 1.92. The molecule has 0 saturated carbocycles. The van der Waals surface area contributed by atoms with Crippen LogP contribution in [0.25, 0.3) is 0 Å². The van der Waals surface area contributed by atoms with Gasteiger partial charge in [0.15, 0.2) is 0 Å². The zero-order valence-corrected chi connectivity index (χ0v) is 14.0. The van der Waals surface area contributed by atoms with Gasteiger partial charge in [-0.25, -0.2) is 4.79 Å². The molecular formula is C17H26N2O3. The van der Waals surface area contributed by atoms with E-state index in [-0.39, 0.29) is 18.4 Å². The first-order valence-corrected chi connectivity index (χ1v) is 7.69. The number of ether oxygens (including phenoxy) is 1. The van der Waals surface area contributed by atoms with Crippen molar-refractivity contribution < 1.29 is 14.3 Å². The molecule has 0 aromatic heterocycles. The lowest BCUT2D eigenvalue weighted by molar-refractivity contribution is -0.119. The molecule has 0 radical (unpaired) electrons. The number of nitrogens with one attached hydrogen (secondary N) is 2. The maximum atomic E-state index is 12.3. The zero-order valence-electron chi connectivity index (χ0n) is 14.0. The Bertz CT molecular complexity index is 495. The largest absolute Gasteiger partial charge is 0.450 e. The van der Waals surface area contributed by atoms with Crippen molar-refractivity contribution in [2.24, 2.45) is 5.92 Å². The van der Waals surface area contributed by atoms with E-state index >= 15 is 0 Å². The fraction of sp³-hybridized carbons (Fsp3) is 0.529. The molecule has 0 heterocycles. The second-order valence-electron chi connectivity index (χ2n) is 5.85. The van der Waals surface area contributed by atoms with E-state index in [1.807, 2.05) is 38.1 Å². The molecule has 22 heavy (non-hydrogen) atoms. The van der Waals surface area contributed by atoms with Gasteiger partial charge in [0.2, 0.25) is 5.91 Å². The van der Waals surface area contributed by atoms with Crippen LogP contribution in [0.5, 0.6) is 0 Å².